The molecule has 0 spiro atoms. The molecule has 8 aromatic carbocycles. The van der Waals surface area contributed by atoms with Crippen molar-refractivity contribution in [1.29, 1.82) is 0 Å². The van der Waals surface area contributed by atoms with Crippen molar-refractivity contribution in [3.05, 3.63) is 230 Å². The number of hydrogen-bond acceptors (Lipinski definition) is 1. The average Bonchev–Trinajstić information content (AvgIpc) is 3.62. The van der Waals surface area contributed by atoms with Crippen LogP contribution in [-0.4, -0.2) is 4.57 Å². The number of rotatable bonds is 8. The highest BCUT2D eigenvalue weighted by Crippen LogP contribution is 2.39. The van der Waals surface area contributed by atoms with Crippen molar-refractivity contribution in [2.75, 3.05) is 4.90 Å². The normalized spacial score (nSPS) is 12.7. The second-order valence-corrected chi connectivity index (χ2v) is 14.5. The zero-order chi connectivity index (χ0) is 37.3. The molecule has 0 bridgehead atoms. The SMILES string of the molecule is C1=C(c2ccccc2)CCC(N(c2ccc(-c3ccc(-c4ccccc4)cc3)cc2)c2ccc(-c3ccc4c(c3)c3ccccc3n4-c3ccccc3)cc2)=C1. The summed E-state index contributed by atoms with van der Waals surface area (Å²) in [4.78, 5) is 2.43. The molecule has 10 rings (SSSR count). The minimum atomic E-state index is 0.952. The third-order valence-corrected chi connectivity index (χ3v) is 11.2. The van der Waals surface area contributed by atoms with Crippen LogP contribution >= 0.6 is 0 Å². The second kappa shape index (κ2) is 14.6. The number of allylic oxidation sites excluding steroid dienone is 4. The standard InChI is InChI=1S/C54H40N2/c1-4-12-39(13-5-1)41-20-22-42(23-21-41)44-26-33-49(34-27-44)55(48-31-24-43(25-32-48)40-14-6-2-7-15-40)50-35-28-45(29-36-50)46-30-37-54-52(38-46)51-18-10-11-19-53(51)56(54)47-16-8-3-9-17-47/h1-24,26-31,33-38H,25,32H2. The van der Waals surface area contributed by atoms with Gasteiger partial charge in [-0.2, -0.15) is 0 Å². The number of fused-ring (bicyclic) bond motifs is 3. The van der Waals surface area contributed by atoms with E-state index in [-0.39, 0.29) is 0 Å². The first-order valence-electron chi connectivity index (χ1n) is 19.5. The molecule has 0 atom stereocenters. The number of hydrogen-bond donors (Lipinski definition) is 0. The molecule has 0 saturated carbocycles. The average molecular weight is 717 g/mol. The van der Waals surface area contributed by atoms with Gasteiger partial charge in [-0.25, -0.2) is 0 Å². The maximum absolute atomic E-state index is 2.43. The van der Waals surface area contributed by atoms with E-state index in [2.05, 4.69) is 228 Å². The van der Waals surface area contributed by atoms with Crippen LogP contribution in [0.2, 0.25) is 0 Å². The minimum Gasteiger partial charge on any atom is -0.314 e. The largest absolute Gasteiger partial charge is 0.314 e. The lowest BCUT2D eigenvalue weighted by molar-refractivity contribution is 0.930. The molecule has 2 heteroatoms. The molecule has 0 N–H and O–H groups in total. The van der Waals surface area contributed by atoms with E-state index in [4.69, 9.17) is 0 Å². The number of anilines is 2. The first-order valence-corrected chi connectivity index (χ1v) is 19.5. The molecule has 1 aliphatic carbocycles. The van der Waals surface area contributed by atoms with Gasteiger partial charge in [0.15, 0.2) is 0 Å². The van der Waals surface area contributed by atoms with Crippen LogP contribution in [0.4, 0.5) is 11.4 Å². The minimum absolute atomic E-state index is 0.952. The molecule has 0 amide bonds. The Balaban J connectivity index is 0.998. The van der Waals surface area contributed by atoms with Gasteiger partial charge in [0.25, 0.3) is 0 Å². The van der Waals surface area contributed by atoms with E-state index in [9.17, 15) is 0 Å². The summed E-state index contributed by atoms with van der Waals surface area (Å²) >= 11 is 0. The third-order valence-electron chi connectivity index (χ3n) is 11.2. The Bertz CT molecular complexity index is 2850. The summed E-state index contributed by atoms with van der Waals surface area (Å²) in [6, 6.07) is 74.6. The van der Waals surface area contributed by atoms with Crippen LogP contribution in [-0.2, 0) is 0 Å². The number of nitrogens with zero attached hydrogens (tertiary/aromatic N) is 2. The Kier molecular flexibility index (Phi) is 8.70. The second-order valence-electron chi connectivity index (χ2n) is 14.5. The topological polar surface area (TPSA) is 8.17 Å². The fourth-order valence-electron chi connectivity index (χ4n) is 8.29. The highest BCUT2D eigenvalue weighted by Gasteiger charge is 2.19. The quantitative estimate of drug-likeness (QED) is 0.152. The molecule has 56 heavy (non-hydrogen) atoms. The molecule has 0 saturated heterocycles. The Morgan fingerprint density at radius 3 is 1.39 bits per heavy atom. The van der Waals surface area contributed by atoms with E-state index in [0.29, 0.717) is 0 Å². The highest BCUT2D eigenvalue weighted by atomic mass is 15.1. The Hall–Kier alpha value is -7.16. The maximum atomic E-state index is 2.43. The molecule has 9 aromatic rings. The fourth-order valence-corrected chi connectivity index (χ4v) is 8.29. The van der Waals surface area contributed by atoms with E-state index in [1.807, 2.05) is 0 Å². The molecule has 2 nitrogen and oxygen atoms in total. The Morgan fingerprint density at radius 2 is 0.804 bits per heavy atom. The van der Waals surface area contributed by atoms with Gasteiger partial charge in [-0.1, -0.05) is 158 Å². The fraction of sp³-hybridized carbons (Fsp3) is 0.0370. The van der Waals surface area contributed by atoms with Gasteiger partial charge < -0.3 is 9.47 Å². The van der Waals surface area contributed by atoms with Crippen molar-refractivity contribution in [3.8, 4) is 39.1 Å². The summed E-state index contributed by atoms with van der Waals surface area (Å²) in [6.45, 7) is 0. The maximum Gasteiger partial charge on any atom is 0.0541 e. The third kappa shape index (κ3) is 6.32. The van der Waals surface area contributed by atoms with Crippen molar-refractivity contribution < 1.29 is 0 Å². The summed E-state index contributed by atoms with van der Waals surface area (Å²) in [7, 11) is 0. The Morgan fingerprint density at radius 1 is 0.339 bits per heavy atom. The number of para-hydroxylation sites is 2. The predicted molar refractivity (Wildman–Crippen MR) is 237 cm³/mol. The molecule has 0 fully saturated rings. The highest BCUT2D eigenvalue weighted by molar-refractivity contribution is 6.10. The van der Waals surface area contributed by atoms with Gasteiger partial charge in [-0.05, 0) is 118 Å². The van der Waals surface area contributed by atoms with Crippen LogP contribution in [0, 0.1) is 0 Å². The van der Waals surface area contributed by atoms with Gasteiger partial charge in [0.1, 0.15) is 0 Å². The zero-order valence-corrected chi connectivity index (χ0v) is 31.1. The van der Waals surface area contributed by atoms with Crippen LogP contribution in [0.1, 0.15) is 18.4 Å². The first kappa shape index (κ1) is 33.4. The van der Waals surface area contributed by atoms with Crippen LogP contribution < -0.4 is 4.90 Å². The molecule has 266 valence electrons. The summed E-state index contributed by atoms with van der Waals surface area (Å²) < 4.78 is 2.37. The smallest absolute Gasteiger partial charge is 0.0541 e. The molecule has 0 radical (unpaired) electrons. The lowest BCUT2D eigenvalue weighted by Crippen LogP contribution is -2.17. The van der Waals surface area contributed by atoms with Crippen molar-refractivity contribution >= 4 is 38.8 Å². The lowest BCUT2D eigenvalue weighted by Gasteiger charge is -2.30. The van der Waals surface area contributed by atoms with Crippen LogP contribution in [0.15, 0.2) is 224 Å². The van der Waals surface area contributed by atoms with Crippen LogP contribution in [0.5, 0.6) is 0 Å². The van der Waals surface area contributed by atoms with E-state index in [0.717, 1.165) is 24.2 Å². The van der Waals surface area contributed by atoms with Gasteiger partial charge in [0.2, 0.25) is 0 Å². The molecule has 1 aromatic heterocycles. The lowest BCUT2D eigenvalue weighted by atomic mass is 9.94. The van der Waals surface area contributed by atoms with Gasteiger partial charge in [-0.15, -0.1) is 0 Å². The Labute approximate surface area is 328 Å². The van der Waals surface area contributed by atoms with Crippen molar-refractivity contribution in [2.45, 2.75) is 12.8 Å². The van der Waals surface area contributed by atoms with Crippen LogP contribution in [0.3, 0.4) is 0 Å². The van der Waals surface area contributed by atoms with Crippen molar-refractivity contribution in [1.82, 2.24) is 4.57 Å². The first-order chi connectivity index (χ1) is 27.8. The van der Waals surface area contributed by atoms with E-state index in [1.54, 1.807) is 0 Å². The van der Waals surface area contributed by atoms with E-state index in [1.165, 1.54) is 77.7 Å². The zero-order valence-electron chi connectivity index (χ0n) is 31.1. The van der Waals surface area contributed by atoms with E-state index >= 15 is 0 Å². The summed E-state index contributed by atoms with van der Waals surface area (Å²) in [5.41, 5.74) is 17.2. The van der Waals surface area contributed by atoms with E-state index < -0.39 is 0 Å². The predicted octanol–water partition coefficient (Wildman–Crippen LogP) is 14.7. The molecule has 1 heterocycles. The van der Waals surface area contributed by atoms with Crippen molar-refractivity contribution in [2.24, 2.45) is 0 Å². The summed E-state index contributed by atoms with van der Waals surface area (Å²) in [5, 5.41) is 2.52. The monoisotopic (exact) mass is 716 g/mol. The molecular formula is C54H40N2. The summed E-state index contributed by atoms with van der Waals surface area (Å²) in [6.07, 6.45) is 6.56. The molecule has 0 unspecified atom stereocenters. The van der Waals surface area contributed by atoms with Gasteiger partial charge >= 0.3 is 0 Å². The number of aromatic nitrogens is 1. The van der Waals surface area contributed by atoms with Gasteiger partial charge in [0, 0.05) is 33.5 Å². The molecular weight excluding hydrogens is 677 g/mol. The van der Waals surface area contributed by atoms with Gasteiger partial charge in [-0.3, -0.25) is 0 Å². The van der Waals surface area contributed by atoms with Crippen molar-refractivity contribution in [3.63, 3.8) is 0 Å². The molecule has 0 aliphatic heterocycles. The van der Waals surface area contributed by atoms with Crippen LogP contribution in [0.25, 0.3) is 66.4 Å². The summed E-state index contributed by atoms with van der Waals surface area (Å²) in [5.74, 6) is 0. The number of benzene rings is 8. The molecule has 1 aliphatic rings. The van der Waals surface area contributed by atoms with Gasteiger partial charge in [0.05, 0.1) is 11.0 Å².